The molecule has 2 heteroatoms. The lowest BCUT2D eigenvalue weighted by molar-refractivity contribution is 0.447. The smallest absolute Gasteiger partial charge is 0.0366 e. The Morgan fingerprint density at radius 1 is 1.05 bits per heavy atom. The van der Waals surface area contributed by atoms with E-state index in [1.807, 2.05) is 0 Å². The fraction of sp³-hybridized carbons (Fsp3) is 0.474. The molecule has 21 heavy (non-hydrogen) atoms. The second-order valence-electron chi connectivity index (χ2n) is 6.59. The zero-order valence-electron chi connectivity index (χ0n) is 12.9. The Morgan fingerprint density at radius 3 is 2.62 bits per heavy atom. The van der Waals surface area contributed by atoms with Crippen molar-refractivity contribution in [3.63, 3.8) is 0 Å². The van der Waals surface area contributed by atoms with Crippen LogP contribution in [0.3, 0.4) is 0 Å². The Hall–Kier alpha value is -1.54. The monoisotopic (exact) mass is 282 g/mol. The van der Waals surface area contributed by atoms with Crippen LogP contribution in [0.5, 0.6) is 0 Å². The van der Waals surface area contributed by atoms with Crippen LogP contribution in [0, 0.1) is 5.92 Å². The van der Waals surface area contributed by atoms with E-state index < -0.39 is 0 Å². The van der Waals surface area contributed by atoms with Crippen molar-refractivity contribution in [2.24, 2.45) is 5.92 Å². The molecule has 0 bridgehead atoms. The first-order valence-electron chi connectivity index (χ1n) is 8.23. The third kappa shape index (κ3) is 3.56. The Morgan fingerprint density at radius 2 is 1.81 bits per heavy atom. The van der Waals surface area contributed by atoms with Crippen LogP contribution in [0.15, 0.2) is 36.4 Å². The number of nitrogens with one attached hydrogen (secondary N) is 1. The van der Waals surface area contributed by atoms with Crippen LogP contribution in [0.1, 0.15) is 44.6 Å². The van der Waals surface area contributed by atoms with E-state index in [0.717, 1.165) is 18.2 Å². The highest BCUT2D eigenvalue weighted by Gasteiger charge is 2.15. The lowest BCUT2D eigenvalue weighted by Crippen LogP contribution is -2.28. The first-order valence-corrected chi connectivity index (χ1v) is 8.23. The first-order chi connectivity index (χ1) is 10.2. The summed E-state index contributed by atoms with van der Waals surface area (Å²) in [5.74, 6) is 0.891. The number of fused-ring (bicyclic) bond motifs is 1. The molecule has 2 unspecified atom stereocenters. The Balaban J connectivity index is 1.68. The lowest BCUT2D eigenvalue weighted by Gasteiger charge is -2.17. The normalized spacial score (nSPS) is 23.1. The Bertz CT molecular complexity index is 606. The van der Waals surface area contributed by atoms with E-state index in [0.29, 0.717) is 6.04 Å². The minimum Gasteiger partial charge on any atom is -0.398 e. The number of nitrogens with two attached hydrogens (primary N) is 1. The average molecular weight is 282 g/mol. The molecular formula is C19H26N2. The molecule has 3 N–H and O–H groups in total. The predicted molar refractivity (Wildman–Crippen MR) is 91.2 cm³/mol. The molecule has 2 atom stereocenters. The van der Waals surface area contributed by atoms with Crippen molar-refractivity contribution < 1.29 is 0 Å². The van der Waals surface area contributed by atoms with Crippen molar-refractivity contribution in [3.05, 3.63) is 42.0 Å². The standard InChI is InChI=1S/C19H26N2/c1-14-5-4-8-18(10-9-14)21-13-17-11-15-6-2-3-7-16(15)12-19(17)20/h2-3,6-7,11-12,14,18,21H,4-5,8-10,13,20H2,1H3. The molecule has 0 radical (unpaired) electrons. The lowest BCUT2D eigenvalue weighted by atomic mass is 10.0. The molecule has 0 spiro atoms. The third-order valence-corrected chi connectivity index (χ3v) is 4.85. The van der Waals surface area contributed by atoms with Crippen LogP contribution in [0.25, 0.3) is 10.8 Å². The minimum absolute atomic E-state index is 0.654. The molecule has 2 nitrogen and oxygen atoms in total. The fourth-order valence-corrected chi connectivity index (χ4v) is 3.40. The molecule has 112 valence electrons. The second-order valence-corrected chi connectivity index (χ2v) is 6.59. The van der Waals surface area contributed by atoms with Gasteiger partial charge in [-0.1, -0.05) is 44.0 Å². The van der Waals surface area contributed by atoms with Crippen molar-refractivity contribution in [1.82, 2.24) is 5.32 Å². The van der Waals surface area contributed by atoms with Crippen molar-refractivity contribution in [1.29, 1.82) is 0 Å². The van der Waals surface area contributed by atoms with Gasteiger partial charge in [0, 0.05) is 18.3 Å². The number of nitrogen functional groups attached to an aromatic ring is 1. The fourth-order valence-electron chi connectivity index (χ4n) is 3.40. The van der Waals surface area contributed by atoms with E-state index >= 15 is 0 Å². The summed E-state index contributed by atoms with van der Waals surface area (Å²) in [7, 11) is 0. The van der Waals surface area contributed by atoms with Gasteiger partial charge >= 0.3 is 0 Å². The van der Waals surface area contributed by atoms with Gasteiger partial charge in [-0.05, 0) is 53.6 Å². The van der Waals surface area contributed by atoms with Crippen molar-refractivity contribution in [2.45, 2.75) is 51.6 Å². The summed E-state index contributed by atoms with van der Waals surface area (Å²) >= 11 is 0. The van der Waals surface area contributed by atoms with Gasteiger partial charge in [0.1, 0.15) is 0 Å². The Labute approximate surface area is 127 Å². The zero-order chi connectivity index (χ0) is 14.7. The number of hydrogen-bond acceptors (Lipinski definition) is 2. The molecule has 2 aromatic carbocycles. The molecule has 2 aromatic rings. The summed E-state index contributed by atoms with van der Waals surface area (Å²) in [4.78, 5) is 0. The average Bonchev–Trinajstić information content (AvgIpc) is 2.69. The SMILES string of the molecule is CC1CCCC(NCc2cc3ccccc3cc2N)CC1. The quantitative estimate of drug-likeness (QED) is 0.643. The zero-order valence-corrected chi connectivity index (χ0v) is 12.9. The van der Waals surface area contributed by atoms with Gasteiger partial charge in [-0.3, -0.25) is 0 Å². The van der Waals surface area contributed by atoms with Crippen molar-refractivity contribution in [3.8, 4) is 0 Å². The molecule has 0 amide bonds. The highest BCUT2D eigenvalue weighted by molar-refractivity contribution is 5.86. The molecule has 0 heterocycles. The molecule has 1 fully saturated rings. The van der Waals surface area contributed by atoms with Gasteiger partial charge in [0.2, 0.25) is 0 Å². The topological polar surface area (TPSA) is 38.0 Å². The molecule has 0 saturated heterocycles. The molecule has 0 aromatic heterocycles. The summed E-state index contributed by atoms with van der Waals surface area (Å²) in [6.07, 6.45) is 6.69. The highest BCUT2D eigenvalue weighted by atomic mass is 14.9. The van der Waals surface area contributed by atoms with Crippen LogP contribution in [-0.2, 0) is 6.54 Å². The molecule has 1 aliphatic rings. The van der Waals surface area contributed by atoms with E-state index in [9.17, 15) is 0 Å². The molecule has 1 saturated carbocycles. The predicted octanol–water partition coefficient (Wildman–Crippen LogP) is 4.48. The van der Waals surface area contributed by atoms with E-state index in [4.69, 9.17) is 5.73 Å². The van der Waals surface area contributed by atoms with Crippen LogP contribution in [0.4, 0.5) is 5.69 Å². The maximum atomic E-state index is 6.22. The summed E-state index contributed by atoms with van der Waals surface area (Å²) in [6, 6.07) is 13.4. The third-order valence-electron chi connectivity index (χ3n) is 4.85. The largest absolute Gasteiger partial charge is 0.398 e. The van der Waals surface area contributed by atoms with Gasteiger partial charge in [-0.25, -0.2) is 0 Å². The van der Waals surface area contributed by atoms with E-state index in [-0.39, 0.29) is 0 Å². The maximum absolute atomic E-state index is 6.22. The molecule has 0 aliphatic heterocycles. The van der Waals surface area contributed by atoms with E-state index in [2.05, 4.69) is 48.6 Å². The van der Waals surface area contributed by atoms with Crippen LogP contribution in [0.2, 0.25) is 0 Å². The summed E-state index contributed by atoms with van der Waals surface area (Å²) in [5.41, 5.74) is 8.35. The van der Waals surface area contributed by atoms with E-state index in [1.165, 1.54) is 48.4 Å². The van der Waals surface area contributed by atoms with Gasteiger partial charge in [0.15, 0.2) is 0 Å². The van der Waals surface area contributed by atoms with Gasteiger partial charge < -0.3 is 11.1 Å². The first kappa shape index (κ1) is 14.4. The Kier molecular flexibility index (Phi) is 4.45. The van der Waals surface area contributed by atoms with Gasteiger partial charge in [0.25, 0.3) is 0 Å². The molecule has 3 rings (SSSR count). The minimum atomic E-state index is 0.654. The molecular weight excluding hydrogens is 256 g/mol. The van der Waals surface area contributed by atoms with Gasteiger partial charge in [-0.15, -0.1) is 0 Å². The van der Waals surface area contributed by atoms with Gasteiger partial charge in [-0.2, -0.15) is 0 Å². The summed E-state index contributed by atoms with van der Waals surface area (Å²) in [5, 5.41) is 6.22. The number of rotatable bonds is 3. The van der Waals surface area contributed by atoms with Crippen molar-refractivity contribution in [2.75, 3.05) is 5.73 Å². The van der Waals surface area contributed by atoms with Crippen LogP contribution >= 0.6 is 0 Å². The number of anilines is 1. The summed E-state index contributed by atoms with van der Waals surface area (Å²) in [6.45, 7) is 3.26. The second kappa shape index (κ2) is 6.48. The van der Waals surface area contributed by atoms with Crippen LogP contribution < -0.4 is 11.1 Å². The summed E-state index contributed by atoms with van der Waals surface area (Å²) < 4.78 is 0. The van der Waals surface area contributed by atoms with Gasteiger partial charge in [0.05, 0.1) is 0 Å². The van der Waals surface area contributed by atoms with Crippen LogP contribution in [-0.4, -0.2) is 6.04 Å². The number of benzene rings is 2. The maximum Gasteiger partial charge on any atom is 0.0366 e. The van der Waals surface area contributed by atoms with E-state index in [1.54, 1.807) is 0 Å². The molecule has 1 aliphatic carbocycles. The highest BCUT2D eigenvalue weighted by Crippen LogP contribution is 2.25. The van der Waals surface area contributed by atoms with Crippen molar-refractivity contribution >= 4 is 16.5 Å². The number of hydrogen-bond donors (Lipinski definition) is 2.